The number of nitrogens with zero attached hydrogens (tertiary/aromatic N) is 2. The van der Waals surface area contributed by atoms with Crippen molar-refractivity contribution in [2.75, 3.05) is 31.1 Å². The fraction of sp³-hybridized carbons (Fsp3) is 0.562. The van der Waals surface area contributed by atoms with Crippen molar-refractivity contribution in [3.8, 4) is 0 Å². The number of rotatable bonds is 5. The Balaban J connectivity index is 2.04. The summed E-state index contributed by atoms with van der Waals surface area (Å²) in [5, 5.41) is 0. The predicted molar refractivity (Wildman–Crippen MR) is 79.7 cm³/mol. The third-order valence-corrected chi connectivity index (χ3v) is 3.91. The van der Waals surface area contributed by atoms with Gasteiger partial charge in [0.2, 0.25) is 0 Å². The van der Waals surface area contributed by atoms with E-state index in [2.05, 4.69) is 47.9 Å². The molecule has 0 spiro atoms. The summed E-state index contributed by atoms with van der Waals surface area (Å²) in [6, 6.07) is 9.12. The molecule has 1 fully saturated rings. The summed E-state index contributed by atoms with van der Waals surface area (Å²) >= 11 is 0. The molecule has 19 heavy (non-hydrogen) atoms. The van der Waals surface area contributed by atoms with Gasteiger partial charge in [-0.05, 0) is 31.9 Å². The molecule has 0 saturated carbocycles. The molecule has 1 aromatic carbocycles. The molecule has 0 N–H and O–H groups in total. The van der Waals surface area contributed by atoms with Crippen LogP contribution in [0.1, 0.15) is 25.8 Å². The normalized spacial score (nSPS) is 16.9. The molecule has 0 radical (unpaired) electrons. The van der Waals surface area contributed by atoms with Crippen LogP contribution in [0.25, 0.3) is 0 Å². The summed E-state index contributed by atoms with van der Waals surface area (Å²) in [5.41, 5.74) is 2.61. The number of piperazine rings is 1. The lowest BCUT2D eigenvalue weighted by atomic mass is 10.1. The van der Waals surface area contributed by atoms with Crippen LogP contribution in [0, 0.1) is 0 Å². The number of aldehydes is 1. The Kier molecular flexibility index (Phi) is 4.97. The van der Waals surface area contributed by atoms with Crippen molar-refractivity contribution in [1.82, 2.24) is 4.90 Å². The van der Waals surface area contributed by atoms with Gasteiger partial charge in [-0.2, -0.15) is 0 Å². The molecule has 1 aliphatic heterocycles. The van der Waals surface area contributed by atoms with Crippen LogP contribution in [0.3, 0.4) is 0 Å². The maximum atomic E-state index is 10.6. The molecule has 1 heterocycles. The van der Waals surface area contributed by atoms with E-state index in [4.69, 9.17) is 0 Å². The molecule has 0 aliphatic carbocycles. The van der Waals surface area contributed by atoms with Gasteiger partial charge in [0, 0.05) is 44.3 Å². The molecular weight excluding hydrogens is 236 g/mol. The van der Waals surface area contributed by atoms with E-state index in [1.807, 2.05) is 0 Å². The molecule has 104 valence electrons. The zero-order valence-electron chi connectivity index (χ0n) is 12.0. The molecular formula is C16H24N2O. The van der Waals surface area contributed by atoms with E-state index in [-0.39, 0.29) is 0 Å². The molecule has 1 aliphatic rings. The van der Waals surface area contributed by atoms with Gasteiger partial charge in [0.05, 0.1) is 0 Å². The molecule has 0 unspecified atom stereocenters. The number of aryl methyl sites for hydroxylation is 1. The highest BCUT2D eigenvalue weighted by Crippen LogP contribution is 2.23. The van der Waals surface area contributed by atoms with Crippen molar-refractivity contribution < 1.29 is 4.79 Å². The largest absolute Gasteiger partial charge is 0.369 e. The average Bonchev–Trinajstić information content (AvgIpc) is 2.45. The van der Waals surface area contributed by atoms with E-state index in [9.17, 15) is 4.79 Å². The first kappa shape index (κ1) is 14.1. The Hall–Kier alpha value is -1.35. The lowest BCUT2D eigenvalue weighted by Crippen LogP contribution is -2.49. The van der Waals surface area contributed by atoms with Crippen LogP contribution in [-0.4, -0.2) is 43.4 Å². The highest BCUT2D eigenvalue weighted by Gasteiger charge is 2.20. The van der Waals surface area contributed by atoms with Crippen LogP contribution in [0.15, 0.2) is 24.3 Å². The summed E-state index contributed by atoms with van der Waals surface area (Å²) < 4.78 is 0. The van der Waals surface area contributed by atoms with Crippen molar-refractivity contribution >= 4 is 12.0 Å². The number of anilines is 1. The predicted octanol–water partition coefficient (Wildman–Crippen LogP) is 2.35. The second-order valence-corrected chi connectivity index (χ2v) is 5.45. The quantitative estimate of drug-likeness (QED) is 0.759. The maximum absolute atomic E-state index is 10.6. The van der Waals surface area contributed by atoms with Gasteiger partial charge in [0.1, 0.15) is 6.29 Å². The molecule has 2 rings (SSSR count). The van der Waals surface area contributed by atoms with Gasteiger partial charge >= 0.3 is 0 Å². The Morgan fingerprint density at radius 1 is 1.16 bits per heavy atom. The molecule has 0 amide bonds. The van der Waals surface area contributed by atoms with Gasteiger partial charge < -0.3 is 9.69 Å². The second-order valence-electron chi connectivity index (χ2n) is 5.45. The Morgan fingerprint density at radius 3 is 2.47 bits per heavy atom. The minimum Gasteiger partial charge on any atom is -0.369 e. The standard InChI is InChI=1S/C16H24N2O/c1-14(2)17-9-11-18(12-10-17)16-8-4-3-6-15(16)7-5-13-19/h3-4,6,8,13-14H,5,7,9-12H2,1-2H3. The molecule has 3 nitrogen and oxygen atoms in total. The van der Waals surface area contributed by atoms with Crippen LogP contribution in [0.4, 0.5) is 5.69 Å². The van der Waals surface area contributed by atoms with Crippen LogP contribution in [0.2, 0.25) is 0 Å². The van der Waals surface area contributed by atoms with E-state index in [1.165, 1.54) is 11.3 Å². The van der Waals surface area contributed by atoms with E-state index in [0.29, 0.717) is 12.5 Å². The van der Waals surface area contributed by atoms with Gasteiger partial charge in [0.25, 0.3) is 0 Å². The summed E-state index contributed by atoms with van der Waals surface area (Å²) in [6.07, 6.45) is 2.47. The number of hydrogen-bond acceptors (Lipinski definition) is 3. The Bertz CT molecular complexity index is 409. The molecule has 0 aromatic heterocycles. The van der Waals surface area contributed by atoms with Crippen LogP contribution >= 0.6 is 0 Å². The minimum atomic E-state index is 0.614. The third kappa shape index (κ3) is 3.57. The summed E-state index contributed by atoms with van der Waals surface area (Å²) in [4.78, 5) is 15.5. The zero-order chi connectivity index (χ0) is 13.7. The van der Waals surface area contributed by atoms with Gasteiger partial charge in [-0.25, -0.2) is 0 Å². The Labute approximate surface area is 116 Å². The first-order valence-electron chi connectivity index (χ1n) is 7.23. The second kappa shape index (κ2) is 6.71. The highest BCUT2D eigenvalue weighted by atomic mass is 16.1. The molecule has 0 bridgehead atoms. The third-order valence-electron chi connectivity index (χ3n) is 3.91. The van der Waals surface area contributed by atoms with Gasteiger partial charge in [-0.15, -0.1) is 0 Å². The van der Waals surface area contributed by atoms with Crippen molar-refractivity contribution in [2.45, 2.75) is 32.7 Å². The van der Waals surface area contributed by atoms with Gasteiger partial charge in [0.15, 0.2) is 0 Å². The van der Waals surface area contributed by atoms with Crippen LogP contribution < -0.4 is 4.90 Å². The van der Waals surface area contributed by atoms with Crippen molar-refractivity contribution in [1.29, 1.82) is 0 Å². The number of benzene rings is 1. The number of hydrogen-bond donors (Lipinski definition) is 0. The first-order chi connectivity index (χ1) is 9.22. The topological polar surface area (TPSA) is 23.6 Å². The fourth-order valence-electron chi connectivity index (χ4n) is 2.72. The number of para-hydroxylation sites is 1. The molecule has 1 saturated heterocycles. The Morgan fingerprint density at radius 2 is 1.84 bits per heavy atom. The van der Waals surface area contributed by atoms with E-state index in [0.717, 1.165) is 38.9 Å². The average molecular weight is 260 g/mol. The van der Waals surface area contributed by atoms with Crippen molar-refractivity contribution in [3.05, 3.63) is 29.8 Å². The van der Waals surface area contributed by atoms with E-state index >= 15 is 0 Å². The summed E-state index contributed by atoms with van der Waals surface area (Å²) in [7, 11) is 0. The monoisotopic (exact) mass is 260 g/mol. The van der Waals surface area contributed by atoms with Crippen molar-refractivity contribution in [2.24, 2.45) is 0 Å². The number of carbonyl (C=O) groups excluding carboxylic acids is 1. The SMILES string of the molecule is CC(C)N1CCN(c2ccccc2CCC=O)CC1. The van der Waals surface area contributed by atoms with Gasteiger partial charge in [-0.1, -0.05) is 18.2 Å². The number of carbonyl (C=O) groups is 1. The molecule has 3 heteroatoms. The molecule has 1 aromatic rings. The van der Waals surface area contributed by atoms with Crippen LogP contribution in [0.5, 0.6) is 0 Å². The minimum absolute atomic E-state index is 0.614. The maximum Gasteiger partial charge on any atom is 0.120 e. The van der Waals surface area contributed by atoms with E-state index in [1.54, 1.807) is 0 Å². The van der Waals surface area contributed by atoms with E-state index < -0.39 is 0 Å². The lowest BCUT2D eigenvalue weighted by molar-refractivity contribution is -0.107. The van der Waals surface area contributed by atoms with Gasteiger partial charge in [-0.3, -0.25) is 4.90 Å². The van der Waals surface area contributed by atoms with Crippen molar-refractivity contribution in [3.63, 3.8) is 0 Å². The summed E-state index contributed by atoms with van der Waals surface area (Å²) in [5.74, 6) is 0. The lowest BCUT2D eigenvalue weighted by Gasteiger charge is -2.38. The summed E-state index contributed by atoms with van der Waals surface area (Å²) in [6.45, 7) is 8.92. The van der Waals surface area contributed by atoms with Crippen LogP contribution in [-0.2, 0) is 11.2 Å². The highest BCUT2D eigenvalue weighted by molar-refractivity contribution is 5.57. The first-order valence-corrected chi connectivity index (χ1v) is 7.23. The fourth-order valence-corrected chi connectivity index (χ4v) is 2.72. The smallest absolute Gasteiger partial charge is 0.120 e. The zero-order valence-corrected chi connectivity index (χ0v) is 12.0. The molecule has 0 atom stereocenters.